The van der Waals surface area contributed by atoms with Gasteiger partial charge in [-0.05, 0) is 23.8 Å². The van der Waals surface area contributed by atoms with Gasteiger partial charge in [-0.3, -0.25) is 0 Å². The predicted octanol–water partition coefficient (Wildman–Crippen LogP) is 6.94. The number of hydrogen-bond acceptors (Lipinski definition) is 0. The Labute approximate surface area is 149 Å². The molecule has 0 radical (unpaired) electrons. The van der Waals surface area contributed by atoms with Gasteiger partial charge in [-0.15, -0.1) is 0 Å². The average molecular weight is 366 g/mol. The Morgan fingerprint density at radius 3 is 2.27 bits per heavy atom. The molecule has 0 saturated heterocycles. The van der Waals surface area contributed by atoms with Gasteiger partial charge < -0.3 is 0 Å². The maximum absolute atomic E-state index is 14.9. The van der Waals surface area contributed by atoms with Crippen LogP contribution in [0.5, 0.6) is 0 Å². The maximum Gasteiger partial charge on any atom is 0.340 e. The van der Waals surface area contributed by atoms with Crippen molar-refractivity contribution >= 4 is 16.3 Å². The van der Waals surface area contributed by atoms with E-state index in [4.69, 9.17) is 0 Å². The van der Waals surface area contributed by atoms with Gasteiger partial charge in [0.1, 0.15) is 5.82 Å². The molecule has 0 atom stereocenters. The summed E-state index contributed by atoms with van der Waals surface area (Å²) in [5.74, 6) is -9.71. The van der Waals surface area contributed by atoms with Crippen molar-refractivity contribution in [1.82, 2.24) is 0 Å². The smallest absolute Gasteiger partial charge is 0.206 e. The molecule has 138 valence electrons. The van der Waals surface area contributed by atoms with Crippen molar-refractivity contribution in [2.45, 2.75) is 45.0 Å². The highest BCUT2D eigenvalue weighted by Crippen LogP contribution is 2.52. The summed E-state index contributed by atoms with van der Waals surface area (Å²) in [6.45, 7) is 3.41. The third-order valence-corrected chi connectivity index (χ3v) is 4.82. The van der Waals surface area contributed by atoms with Crippen LogP contribution in [0.4, 0.5) is 22.0 Å². The lowest BCUT2D eigenvalue weighted by atomic mass is 9.84. The minimum atomic E-state index is -4.47. The molecule has 0 spiro atoms. The third kappa shape index (κ3) is 2.74. The van der Waals surface area contributed by atoms with Gasteiger partial charge in [0.05, 0.1) is 0 Å². The maximum atomic E-state index is 14.9. The van der Waals surface area contributed by atoms with Crippen molar-refractivity contribution in [2.24, 2.45) is 0 Å². The normalized spacial score (nSPS) is 18.6. The first-order chi connectivity index (χ1) is 12.2. The summed E-state index contributed by atoms with van der Waals surface area (Å²) in [5.41, 5.74) is -1.12. The third-order valence-electron chi connectivity index (χ3n) is 4.82. The lowest BCUT2D eigenvalue weighted by Gasteiger charge is -2.33. The first-order valence-corrected chi connectivity index (χ1v) is 8.63. The van der Waals surface area contributed by atoms with Crippen LogP contribution in [0.2, 0.25) is 0 Å². The van der Waals surface area contributed by atoms with E-state index in [9.17, 15) is 22.0 Å². The summed E-state index contributed by atoms with van der Waals surface area (Å²) in [7, 11) is 0. The van der Waals surface area contributed by atoms with E-state index < -0.39 is 34.4 Å². The number of halogens is 5. The minimum Gasteiger partial charge on any atom is -0.206 e. The molecule has 0 bridgehead atoms. The number of fused-ring (bicyclic) bond motifs is 1. The SMILES string of the molecule is CCCc1ccc2c(F)c(C3=CC=C(CC)C(F)(F)C3(F)F)ccc2c1. The summed E-state index contributed by atoms with van der Waals surface area (Å²) in [6.07, 6.45) is 3.42. The van der Waals surface area contributed by atoms with Crippen LogP contribution in [0.1, 0.15) is 37.8 Å². The number of aryl methyl sites for hydroxylation is 1. The van der Waals surface area contributed by atoms with Gasteiger partial charge in [-0.1, -0.05) is 62.8 Å². The second-order valence-electron chi connectivity index (χ2n) is 6.51. The summed E-state index contributed by atoms with van der Waals surface area (Å²) in [6, 6.07) is 7.71. The number of benzene rings is 2. The fourth-order valence-electron chi connectivity index (χ4n) is 3.36. The Morgan fingerprint density at radius 1 is 0.885 bits per heavy atom. The van der Waals surface area contributed by atoms with Crippen molar-refractivity contribution in [2.75, 3.05) is 0 Å². The topological polar surface area (TPSA) is 0 Å². The first-order valence-electron chi connectivity index (χ1n) is 8.63. The summed E-state index contributed by atoms with van der Waals surface area (Å²) >= 11 is 0. The van der Waals surface area contributed by atoms with Crippen LogP contribution in [0.3, 0.4) is 0 Å². The van der Waals surface area contributed by atoms with E-state index in [-0.39, 0.29) is 11.8 Å². The number of rotatable bonds is 4. The molecule has 26 heavy (non-hydrogen) atoms. The molecular formula is C21H19F5. The Bertz CT molecular complexity index is 906. The highest BCUT2D eigenvalue weighted by Gasteiger charge is 2.61. The van der Waals surface area contributed by atoms with E-state index in [0.717, 1.165) is 36.6 Å². The molecule has 1 aliphatic carbocycles. The largest absolute Gasteiger partial charge is 0.340 e. The Hall–Kier alpha value is -2.17. The fraction of sp³-hybridized carbons (Fsp3) is 0.333. The molecule has 2 aromatic carbocycles. The Morgan fingerprint density at radius 2 is 1.62 bits per heavy atom. The average Bonchev–Trinajstić information content (AvgIpc) is 2.59. The van der Waals surface area contributed by atoms with Crippen LogP contribution in [0.25, 0.3) is 16.3 Å². The van der Waals surface area contributed by atoms with Crippen molar-refractivity contribution in [3.63, 3.8) is 0 Å². The van der Waals surface area contributed by atoms with Gasteiger partial charge in [-0.2, -0.15) is 17.6 Å². The molecule has 3 rings (SSSR count). The van der Waals surface area contributed by atoms with Gasteiger partial charge in [-0.25, -0.2) is 4.39 Å². The molecule has 0 aromatic heterocycles. The zero-order chi connectivity index (χ0) is 19.1. The minimum absolute atomic E-state index is 0.146. The zero-order valence-electron chi connectivity index (χ0n) is 14.6. The molecule has 0 nitrogen and oxygen atoms in total. The second-order valence-corrected chi connectivity index (χ2v) is 6.51. The van der Waals surface area contributed by atoms with Crippen molar-refractivity contribution in [3.8, 4) is 0 Å². The van der Waals surface area contributed by atoms with E-state index in [1.54, 1.807) is 12.1 Å². The van der Waals surface area contributed by atoms with Gasteiger partial charge >= 0.3 is 11.8 Å². The van der Waals surface area contributed by atoms with Crippen LogP contribution >= 0.6 is 0 Å². The van der Waals surface area contributed by atoms with Crippen LogP contribution in [0, 0.1) is 5.82 Å². The molecule has 0 aliphatic heterocycles. The van der Waals surface area contributed by atoms with E-state index in [1.165, 1.54) is 19.1 Å². The Balaban J connectivity index is 2.16. The molecule has 0 amide bonds. The predicted molar refractivity (Wildman–Crippen MR) is 94.1 cm³/mol. The fourth-order valence-corrected chi connectivity index (χ4v) is 3.36. The molecule has 0 saturated carbocycles. The monoisotopic (exact) mass is 366 g/mol. The highest BCUT2D eigenvalue weighted by molar-refractivity contribution is 5.89. The quantitative estimate of drug-likeness (QED) is 0.514. The molecule has 0 N–H and O–H groups in total. The molecule has 5 heteroatoms. The summed E-state index contributed by atoms with van der Waals surface area (Å²) in [4.78, 5) is 0. The standard InChI is InChI=1S/C21H19F5/c1-3-5-13-6-9-16-14(12-13)7-10-17(19(16)22)18-11-8-15(4-2)20(23,24)21(18,25)26/h6-12H,3-5H2,1-2H3. The zero-order valence-corrected chi connectivity index (χ0v) is 14.6. The van der Waals surface area contributed by atoms with Crippen molar-refractivity contribution in [1.29, 1.82) is 0 Å². The van der Waals surface area contributed by atoms with Gasteiger partial charge in [0, 0.05) is 22.1 Å². The molecule has 0 fully saturated rings. The van der Waals surface area contributed by atoms with Crippen molar-refractivity contribution < 1.29 is 22.0 Å². The molecule has 2 aromatic rings. The number of hydrogen-bond donors (Lipinski definition) is 0. The lowest BCUT2D eigenvalue weighted by molar-refractivity contribution is -0.149. The first kappa shape index (κ1) is 18.6. The van der Waals surface area contributed by atoms with E-state index in [1.807, 2.05) is 6.92 Å². The molecule has 0 heterocycles. The summed E-state index contributed by atoms with van der Waals surface area (Å²) < 4.78 is 72.3. The summed E-state index contributed by atoms with van der Waals surface area (Å²) in [5, 5.41) is 0.709. The van der Waals surface area contributed by atoms with E-state index in [0.29, 0.717) is 5.39 Å². The van der Waals surface area contributed by atoms with Crippen LogP contribution in [-0.4, -0.2) is 11.8 Å². The lowest BCUT2D eigenvalue weighted by Crippen LogP contribution is -2.44. The highest BCUT2D eigenvalue weighted by atomic mass is 19.3. The van der Waals surface area contributed by atoms with Crippen LogP contribution < -0.4 is 0 Å². The van der Waals surface area contributed by atoms with Crippen LogP contribution in [-0.2, 0) is 6.42 Å². The Kier molecular flexibility index (Phi) is 4.67. The molecule has 1 aliphatic rings. The van der Waals surface area contributed by atoms with Gasteiger partial charge in [0.25, 0.3) is 0 Å². The van der Waals surface area contributed by atoms with E-state index >= 15 is 0 Å². The second kappa shape index (κ2) is 6.53. The molecule has 0 unspecified atom stereocenters. The van der Waals surface area contributed by atoms with Crippen molar-refractivity contribution in [3.05, 3.63) is 65.0 Å². The van der Waals surface area contributed by atoms with Gasteiger partial charge in [0.15, 0.2) is 0 Å². The number of allylic oxidation sites excluding steroid dienone is 4. The van der Waals surface area contributed by atoms with Gasteiger partial charge in [0.2, 0.25) is 0 Å². The molecular weight excluding hydrogens is 347 g/mol. The van der Waals surface area contributed by atoms with Crippen LogP contribution in [0.15, 0.2) is 48.1 Å². The van der Waals surface area contributed by atoms with E-state index in [2.05, 4.69) is 0 Å². The number of alkyl halides is 4.